The Labute approximate surface area is 326 Å². The van der Waals surface area contributed by atoms with Crippen LogP contribution in [-0.2, 0) is 9.59 Å². The van der Waals surface area contributed by atoms with Crippen LogP contribution in [0.2, 0.25) is 0 Å². The lowest BCUT2D eigenvalue weighted by Gasteiger charge is -2.34. The number of hydrogen-bond acceptors (Lipinski definition) is 11. The van der Waals surface area contributed by atoms with Gasteiger partial charge in [0, 0.05) is 61.5 Å². The van der Waals surface area contributed by atoms with Crippen molar-refractivity contribution in [1.29, 1.82) is 0 Å². The largest absolute Gasteiger partial charge is 0.508 e. The molecule has 0 bridgehead atoms. The molecule has 14 heteroatoms. The molecule has 1 aromatic heterocycles. The first kappa shape index (κ1) is 37.1. The van der Waals surface area contributed by atoms with Gasteiger partial charge in [-0.2, -0.15) is 0 Å². The number of thiophene rings is 1. The smallest absolute Gasteiger partial charge is 0.262 e. The minimum atomic E-state index is -0.980. The Morgan fingerprint density at radius 3 is 2.29 bits per heavy atom. The highest BCUT2D eigenvalue weighted by atomic mass is 32.1. The first-order chi connectivity index (χ1) is 27.2. The summed E-state index contributed by atoms with van der Waals surface area (Å²) in [5.74, 6) is -0.156. The Balaban J connectivity index is 0.758. The zero-order valence-electron chi connectivity index (χ0n) is 30.5. The molecule has 1 atom stereocenters. The predicted octanol–water partition coefficient (Wildman–Crippen LogP) is 6.11. The number of phenols is 1. The topological polar surface area (TPSA) is 141 Å². The molecule has 4 aromatic carbocycles. The summed E-state index contributed by atoms with van der Waals surface area (Å²) in [5.41, 5.74) is 2.09. The molecular formula is C42H40FN5O7S. The molecule has 2 saturated heterocycles. The summed E-state index contributed by atoms with van der Waals surface area (Å²) in [4.78, 5) is 56.6. The van der Waals surface area contributed by atoms with Crippen molar-refractivity contribution in [2.45, 2.75) is 25.3 Å². The molecule has 8 rings (SSSR count). The van der Waals surface area contributed by atoms with Crippen molar-refractivity contribution in [3.05, 3.63) is 102 Å². The number of piperazine rings is 1. The lowest BCUT2D eigenvalue weighted by atomic mass is 10.0. The van der Waals surface area contributed by atoms with Crippen LogP contribution in [0.4, 0.5) is 10.1 Å². The number of nitrogens with zero attached hydrogens (tertiary/aromatic N) is 3. The van der Waals surface area contributed by atoms with Gasteiger partial charge in [-0.15, -0.1) is 11.3 Å². The van der Waals surface area contributed by atoms with E-state index in [1.54, 1.807) is 42.5 Å². The van der Waals surface area contributed by atoms with Gasteiger partial charge in [0.25, 0.3) is 11.8 Å². The first-order valence-corrected chi connectivity index (χ1v) is 19.5. The third-order valence-electron chi connectivity index (χ3n) is 10.3. The maximum absolute atomic E-state index is 13.6. The molecule has 3 N–H and O–H groups in total. The number of halogens is 1. The van der Waals surface area contributed by atoms with E-state index in [1.807, 2.05) is 30.3 Å². The van der Waals surface area contributed by atoms with Gasteiger partial charge in [0.1, 0.15) is 35.7 Å². The molecule has 3 aliphatic heterocycles. The summed E-state index contributed by atoms with van der Waals surface area (Å²) < 4.78 is 27.0. The molecule has 0 saturated carbocycles. The van der Waals surface area contributed by atoms with Gasteiger partial charge in [-0.1, -0.05) is 12.1 Å². The second-order valence-electron chi connectivity index (χ2n) is 14.0. The molecule has 0 aliphatic carbocycles. The predicted molar refractivity (Wildman–Crippen MR) is 210 cm³/mol. The van der Waals surface area contributed by atoms with Gasteiger partial charge in [0.15, 0.2) is 5.75 Å². The molecule has 12 nitrogen and oxygen atoms in total. The zero-order chi connectivity index (χ0) is 38.8. The van der Waals surface area contributed by atoms with Crippen LogP contribution in [0.15, 0.2) is 84.9 Å². The number of anilines is 1. The van der Waals surface area contributed by atoms with Crippen molar-refractivity contribution in [2.75, 3.05) is 57.7 Å². The summed E-state index contributed by atoms with van der Waals surface area (Å²) >= 11 is 1.48. The maximum Gasteiger partial charge on any atom is 0.262 e. The van der Waals surface area contributed by atoms with E-state index in [1.165, 1.54) is 23.5 Å². The fourth-order valence-electron chi connectivity index (χ4n) is 7.32. The molecule has 5 aromatic rings. The number of nitrogens with one attached hydrogen (secondary N) is 2. The molecule has 0 spiro atoms. The van der Waals surface area contributed by atoms with Gasteiger partial charge in [0.05, 0.1) is 16.0 Å². The van der Waals surface area contributed by atoms with E-state index < -0.39 is 29.7 Å². The number of carbonyl (C=O) groups is 4. The molecule has 3 aliphatic rings. The van der Waals surface area contributed by atoms with E-state index in [4.69, 9.17) is 9.47 Å². The fraction of sp³-hybridized carbons (Fsp3) is 0.286. The molecule has 4 amide bonds. The third-order valence-corrected chi connectivity index (χ3v) is 11.5. The van der Waals surface area contributed by atoms with Crippen LogP contribution in [-0.4, -0.2) is 102 Å². The van der Waals surface area contributed by atoms with Crippen LogP contribution in [0.1, 0.15) is 40.0 Å². The molecule has 1 unspecified atom stereocenters. The molecule has 56 heavy (non-hydrogen) atoms. The highest BCUT2D eigenvalue weighted by Crippen LogP contribution is 2.47. The summed E-state index contributed by atoms with van der Waals surface area (Å²) in [6.07, 6.45) is 1.11. The number of hydrogen-bond donors (Lipinski definition) is 3. The maximum atomic E-state index is 13.6. The van der Waals surface area contributed by atoms with Gasteiger partial charge in [-0.05, 0) is 97.7 Å². The van der Waals surface area contributed by atoms with Crippen molar-refractivity contribution >= 4 is 50.7 Å². The molecular weight excluding hydrogens is 738 g/mol. The van der Waals surface area contributed by atoms with Gasteiger partial charge in [-0.25, -0.2) is 4.39 Å². The summed E-state index contributed by atoms with van der Waals surface area (Å²) in [6, 6.07) is 23.0. The number of fused-ring (bicyclic) bond motifs is 2. The number of benzene rings is 4. The molecule has 2 fully saturated rings. The SMILES string of the molecule is O=C1CCC(N2C(=O)c3ccc(NCCCN4CCN(CCOc5ccc(Oc6c(-c7ccc(F)cc7)sc7cc(O)ccc67)cc5)CC4)cc3C2=O)C(=O)N1. The van der Waals surface area contributed by atoms with Crippen LogP contribution >= 0.6 is 11.3 Å². The average Bonchev–Trinajstić information content (AvgIpc) is 3.67. The van der Waals surface area contributed by atoms with Crippen molar-refractivity contribution in [3.63, 3.8) is 0 Å². The van der Waals surface area contributed by atoms with Crippen LogP contribution in [0.3, 0.4) is 0 Å². The first-order valence-electron chi connectivity index (χ1n) is 18.7. The summed E-state index contributed by atoms with van der Waals surface area (Å²) in [5, 5.41) is 16.5. The van der Waals surface area contributed by atoms with E-state index in [0.717, 1.165) is 82.6 Å². The number of amides is 4. The number of imide groups is 2. The zero-order valence-corrected chi connectivity index (χ0v) is 31.3. The van der Waals surface area contributed by atoms with Crippen molar-refractivity contribution < 1.29 is 38.1 Å². The van der Waals surface area contributed by atoms with Gasteiger partial charge in [0.2, 0.25) is 11.8 Å². The van der Waals surface area contributed by atoms with E-state index in [2.05, 4.69) is 20.4 Å². The van der Waals surface area contributed by atoms with E-state index >= 15 is 0 Å². The second-order valence-corrected chi connectivity index (χ2v) is 15.1. The minimum absolute atomic E-state index is 0.0844. The van der Waals surface area contributed by atoms with Crippen molar-refractivity contribution in [1.82, 2.24) is 20.0 Å². The minimum Gasteiger partial charge on any atom is -0.508 e. The molecule has 4 heterocycles. The Bertz CT molecular complexity index is 2290. The van der Waals surface area contributed by atoms with E-state index in [9.17, 15) is 28.7 Å². The Morgan fingerprint density at radius 1 is 0.821 bits per heavy atom. The quantitative estimate of drug-likeness (QED) is 0.0949. The van der Waals surface area contributed by atoms with Crippen LogP contribution in [0, 0.1) is 5.82 Å². The molecule has 288 valence electrons. The van der Waals surface area contributed by atoms with Crippen LogP contribution in [0.25, 0.3) is 20.5 Å². The number of phenolic OH excluding ortho intramolecular Hbond substituents is 1. The van der Waals surface area contributed by atoms with E-state index in [-0.39, 0.29) is 35.5 Å². The summed E-state index contributed by atoms with van der Waals surface area (Å²) in [7, 11) is 0. The number of rotatable bonds is 13. The van der Waals surface area contributed by atoms with E-state index in [0.29, 0.717) is 24.7 Å². The van der Waals surface area contributed by atoms with Crippen LogP contribution < -0.4 is 20.1 Å². The Kier molecular flexibility index (Phi) is 10.7. The number of piperidine rings is 1. The summed E-state index contributed by atoms with van der Waals surface area (Å²) in [6.45, 7) is 6.77. The van der Waals surface area contributed by atoms with Gasteiger partial charge in [-0.3, -0.25) is 34.3 Å². The Hall–Kier alpha value is -5.83. The normalized spacial score (nSPS) is 17.7. The monoisotopic (exact) mass is 777 g/mol. The highest BCUT2D eigenvalue weighted by molar-refractivity contribution is 7.22. The lowest BCUT2D eigenvalue weighted by Crippen LogP contribution is -2.54. The number of aromatic hydroxyl groups is 1. The third kappa shape index (κ3) is 7.94. The standard InChI is InChI=1S/C42H40FN5O7S/c43-27-4-2-26(3-5-27)39-38(33-13-7-29(49)25-36(33)56-39)55-31-10-8-30(9-11-31)54-23-22-47-20-18-46(19-21-47)17-1-16-44-28-6-12-32-34(24-28)42(53)48(41(32)52)35-14-15-37(50)45-40(35)51/h2-13,24-25,35,44,49H,1,14-23H2,(H,45,50,51). The van der Waals surface area contributed by atoms with Gasteiger partial charge >= 0.3 is 0 Å². The highest BCUT2D eigenvalue weighted by Gasteiger charge is 2.44. The Morgan fingerprint density at radius 2 is 1.54 bits per heavy atom. The fourth-order valence-corrected chi connectivity index (χ4v) is 8.49. The lowest BCUT2D eigenvalue weighted by molar-refractivity contribution is -0.136. The van der Waals surface area contributed by atoms with Crippen LogP contribution in [0.5, 0.6) is 23.0 Å². The number of ether oxygens (including phenoxy) is 2. The molecule has 0 radical (unpaired) electrons. The second kappa shape index (κ2) is 16.1. The van der Waals surface area contributed by atoms with Crippen molar-refractivity contribution in [3.8, 4) is 33.4 Å². The number of carbonyl (C=O) groups excluding carboxylic acids is 4. The average molecular weight is 778 g/mol. The van der Waals surface area contributed by atoms with Gasteiger partial charge < -0.3 is 24.8 Å². The van der Waals surface area contributed by atoms with Crippen molar-refractivity contribution in [2.24, 2.45) is 0 Å².